The summed E-state index contributed by atoms with van der Waals surface area (Å²) >= 11 is 0. The Labute approximate surface area is 183 Å². The van der Waals surface area contributed by atoms with E-state index in [2.05, 4.69) is 10.6 Å². The molecule has 0 atom stereocenters. The molecule has 0 aromatic heterocycles. The van der Waals surface area contributed by atoms with Crippen molar-refractivity contribution in [1.29, 1.82) is 0 Å². The van der Waals surface area contributed by atoms with Crippen LogP contribution < -0.4 is 15.5 Å². The molecule has 4 fully saturated rings. The highest BCUT2D eigenvalue weighted by Crippen LogP contribution is 2.61. The number of ether oxygens (including phenoxy) is 1. The number of carbonyl (C=O) groups is 3. The summed E-state index contributed by atoms with van der Waals surface area (Å²) in [4.78, 5) is 38.4. The maximum Gasteiger partial charge on any atom is 0.325 e. The molecule has 0 heterocycles. The lowest BCUT2D eigenvalue weighted by molar-refractivity contribution is -0.147. The molecule has 7 heteroatoms. The van der Waals surface area contributed by atoms with Crippen LogP contribution in [-0.4, -0.2) is 45.0 Å². The van der Waals surface area contributed by atoms with Gasteiger partial charge < -0.3 is 20.3 Å². The van der Waals surface area contributed by atoms with Crippen molar-refractivity contribution < 1.29 is 19.1 Å². The number of amides is 2. The molecule has 4 saturated carbocycles. The van der Waals surface area contributed by atoms with Crippen molar-refractivity contribution >= 4 is 29.2 Å². The predicted molar refractivity (Wildman–Crippen MR) is 119 cm³/mol. The van der Waals surface area contributed by atoms with Gasteiger partial charge >= 0.3 is 5.97 Å². The van der Waals surface area contributed by atoms with Crippen LogP contribution >= 0.6 is 0 Å². The molecule has 2 amide bonds. The van der Waals surface area contributed by atoms with Crippen LogP contribution in [0.3, 0.4) is 0 Å². The fourth-order valence-electron chi connectivity index (χ4n) is 6.32. The van der Waals surface area contributed by atoms with E-state index in [1.54, 1.807) is 12.1 Å². The number of nitrogens with one attached hydrogen (secondary N) is 2. The molecule has 31 heavy (non-hydrogen) atoms. The van der Waals surface area contributed by atoms with Crippen LogP contribution in [0, 0.1) is 23.2 Å². The number of hydrogen-bond donors (Lipinski definition) is 2. The van der Waals surface area contributed by atoms with Gasteiger partial charge in [-0.15, -0.1) is 0 Å². The highest BCUT2D eigenvalue weighted by molar-refractivity contribution is 5.93. The van der Waals surface area contributed by atoms with Crippen LogP contribution in [-0.2, 0) is 19.1 Å². The van der Waals surface area contributed by atoms with Crippen LogP contribution in [0.2, 0.25) is 0 Å². The van der Waals surface area contributed by atoms with E-state index in [0.717, 1.165) is 42.7 Å². The lowest BCUT2D eigenvalue weighted by Gasteiger charge is -2.56. The molecule has 0 spiro atoms. The number of benzene rings is 1. The largest absolute Gasteiger partial charge is 0.454 e. The molecule has 0 unspecified atom stereocenters. The van der Waals surface area contributed by atoms with E-state index in [-0.39, 0.29) is 24.5 Å². The number of hydrogen-bond acceptors (Lipinski definition) is 5. The molecule has 168 valence electrons. The van der Waals surface area contributed by atoms with E-state index in [9.17, 15) is 14.4 Å². The van der Waals surface area contributed by atoms with Gasteiger partial charge in [-0.25, -0.2) is 0 Å². The minimum Gasteiger partial charge on any atom is -0.454 e. The summed E-state index contributed by atoms with van der Waals surface area (Å²) < 4.78 is 5.01. The van der Waals surface area contributed by atoms with Crippen molar-refractivity contribution in [2.75, 3.05) is 37.5 Å². The third kappa shape index (κ3) is 5.38. The second-order valence-electron chi connectivity index (χ2n) is 10.0. The zero-order valence-electron chi connectivity index (χ0n) is 18.5. The molecule has 4 aliphatic carbocycles. The van der Waals surface area contributed by atoms with Gasteiger partial charge in [0.2, 0.25) is 5.91 Å². The Bertz CT molecular complexity index is 798. The molecule has 5 rings (SSSR count). The zero-order chi connectivity index (χ0) is 22.0. The van der Waals surface area contributed by atoms with Gasteiger partial charge in [0, 0.05) is 31.9 Å². The molecule has 1 aromatic carbocycles. The maximum absolute atomic E-state index is 12.5. The van der Waals surface area contributed by atoms with E-state index < -0.39 is 11.9 Å². The summed E-state index contributed by atoms with van der Waals surface area (Å²) in [5.74, 6) is 1.29. The van der Waals surface area contributed by atoms with Crippen molar-refractivity contribution in [3.8, 4) is 0 Å². The first kappa shape index (κ1) is 21.7. The van der Waals surface area contributed by atoms with Gasteiger partial charge in [-0.05, 0) is 86.0 Å². The standard InChI is InChI=1S/C24H33N3O4/c1-27(2)20-5-3-19(4-6-20)26-22(29)15-31-23(30)14-25-21(28)13-24-10-16-7-17(11-24)9-18(8-16)12-24/h3-6,16-18H,7-15H2,1-2H3,(H,25,28)(H,26,29). The van der Waals surface area contributed by atoms with Gasteiger partial charge in [0.15, 0.2) is 6.61 Å². The van der Waals surface area contributed by atoms with Gasteiger partial charge in [0.1, 0.15) is 6.54 Å². The normalized spacial score (nSPS) is 28.1. The molecule has 7 nitrogen and oxygen atoms in total. The van der Waals surface area contributed by atoms with Crippen LogP contribution in [0.15, 0.2) is 24.3 Å². The lowest BCUT2D eigenvalue weighted by Crippen LogP contribution is -2.48. The first-order valence-corrected chi connectivity index (χ1v) is 11.3. The van der Waals surface area contributed by atoms with Crippen molar-refractivity contribution in [3.63, 3.8) is 0 Å². The molecule has 4 bridgehead atoms. The highest BCUT2D eigenvalue weighted by atomic mass is 16.5. The van der Waals surface area contributed by atoms with Gasteiger partial charge in [-0.2, -0.15) is 0 Å². The Morgan fingerprint density at radius 3 is 2.10 bits per heavy atom. The summed E-state index contributed by atoms with van der Waals surface area (Å²) in [5, 5.41) is 5.39. The monoisotopic (exact) mass is 427 g/mol. The van der Waals surface area contributed by atoms with Crippen molar-refractivity contribution in [2.45, 2.75) is 44.9 Å². The summed E-state index contributed by atoms with van der Waals surface area (Å²) in [5.41, 5.74) is 1.80. The lowest BCUT2D eigenvalue weighted by atomic mass is 9.49. The molecule has 2 N–H and O–H groups in total. The highest BCUT2D eigenvalue weighted by Gasteiger charge is 2.51. The van der Waals surface area contributed by atoms with Gasteiger partial charge in [0.05, 0.1) is 0 Å². The molecule has 0 radical (unpaired) electrons. The summed E-state index contributed by atoms with van der Waals surface area (Å²) in [7, 11) is 3.88. The second-order valence-corrected chi connectivity index (χ2v) is 10.0. The fraction of sp³-hybridized carbons (Fsp3) is 0.625. The van der Waals surface area contributed by atoms with Crippen molar-refractivity contribution in [3.05, 3.63) is 24.3 Å². The number of esters is 1. The third-order valence-electron chi connectivity index (χ3n) is 7.16. The van der Waals surface area contributed by atoms with Crippen LogP contribution in [0.1, 0.15) is 44.9 Å². The Balaban J connectivity index is 1.16. The Hall–Kier alpha value is -2.57. The molecule has 1 aromatic rings. The second kappa shape index (κ2) is 8.89. The van der Waals surface area contributed by atoms with Crippen LogP contribution in [0.5, 0.6) is 0 Å². The van der Waals surface area contributed by atoms with Crippen molar-refractivity contribution in [1.82, 2.24) is 5.32 Å². The van der Waals surface area contributed by atoms with E-state index in [4.69, 9.17) is 4.74 Å². The molecule has 0 aliphatic heterocycles. The third-order valence-corrected chi connectivity index (χ3v) is 7.16. The average molecular weight is 428 g/mol. The zero-order valence-corrected chi connectivity index (χ0v) is 18.5. The topological polar surface area (TPSA) is 87.7 Å². The minimum atomic E-state index is -0.600. The number of nitrogens with zero attached hydrogens (tertiary/aromatic N) is 1. The first-order valence-electron chi connectivity index (χ1n) is 11.3. The predicted octanol–water partition coefficient (Wildman–Crippen LogP) is 2.96. The number of rotatable bonds is 8. The van der Waals surface area contributed by atoms with E-state index in [1.807, 2.05) is 31.1 Å². The molecular weight excluding hydrogens is 394 g/mol. The first-order chi connectivity index (χ1) is 14.8. The van der Waals surface area contributed by atoms with E-state index in [0.29, 0.717) is 12.1 Å². The molecular formula is C24H33N3O4. The number of carbonyl (C=O) groups excluding carboxylic acids is 3. The van der Waals surface area contributed by atoms with Crippen LogP contribution in [0.25, 0.3) is 0 Å². The Kier molecular flexibility index (Phi) is 6.21. The summed E-state index contributed by atoms with van der Waals surface area (Å²) in [6.45, 7) is -0.574. The fourth-order valence-corrected chi connectivity index (χ4v) is 6.32. The SMILES string of the molecule is CN(C)c1ccc(NC(=O)COC(=O)CNC(=O)CC23CC4CC(CC(C4)C2)C3)cc1. The quantitative estimate of drug-likeness (QED) is 0.623. The number of anilines is 2. The van der Waals surface area contributed by atoms with E-state index in [1.165, 1.54) is 19.3 Å². The van der Waals surface area contributed by atoms with Crippen LogP contribution in [0.4, 0.5) is 11.4 Å². The van der Waals surface area contributed by atoms with Gasteiger partial charge in [-0.1, -0.05) is 0 Å². The summed E-state index contributed by atoms with van der Waals surface area (Å²) in [6, 6.07) is 7.36. The molecule has 4 aliphatic rings. The molecule has 0 saturated heterocycles. The Morgan fingerprint density at radius 2 is 1.55 bits per heavy atom. The van der Waals surface area contributed by atoms with Gasteiger partial charge in [-0.3, -0.25) is 14.4 Å². The minimum absolute atomic E-state index is 0.0793. The Morgan fingerprint density at radius 1 is 0.968 bits per heavy atom. The van der Waals surface area contributed by atoms with E-state index >= 15 is 0 Å². The smallest absolute Gasteiger partial charge is 0.325 e. The average Bonchev–Trinajstić information content (AvgIpc) is 2.70. The van der Waals surface area contributed by atoms with Crippen molar-refractivity contribution in [2.24, 2.45) is 23.2 Å². The maximum atomic E-state index is 12.5. The van der Waals surface area contributed by atoms with Gasteiger partial charge in [0.25, 0.3) is 5.91 Å². The summed E-state index contributed by atoms with van der Waals surface area (Å²) in [6.07, 6.45) is 8.01.